The third-order valence-electron chi connectivity index (χ3n) is 11.2. The summed E-state index contributed by atoms with van der Waals surface area (Å²) in [5.74, 6) is 0. The van der Waals surface area contributed by atoms with Gasteiger partial charge in [-0.15, -0.1) is 22.7 Å². The van der Waals surface area contributed by atoms with Gasteiger partial charge >= 0.3 is 0 Å². The predicted octanol–water partition coefficient (Wildman–Crippen LogP) is 15.9. The normalized spacial score (nSPS) is 11.6. The van der Waals surface area contributed by atoms with Crippen LogP contribution in [0.4, 0.5) is 11.4 Å². The fourth-order valence-corrected chi connectivity index (χ4v) is 11.0. The Kier molecular flexibility index (Phi) is 8.01. The van der Waals surface area contributed by atoms with Crippen molar-refractivity contribution in [3.8, 4) is 33.4 Å². The van der Waals surface area contributed by atoms with Crippen LogP contribution in [0.2, 0.25) is 0 Å². The summed E-state index contributed by atoms with van der Waals surface area (Å²) in [6, 6.07) is 73.7. The first-order valence-corrected chi connectivity index (χ1v) is 20.8. The summed E-state index contributed by atoms with van der Waals surface area (Å²) >= 11 is 3.76. The second kappa shape index (κ2) is 13.6. The van der Waals surface area contributed by atoms with Crippen molar-refractivity contribution in [1.29, 1.82) is 0 Å². The van der Waals surface area contributed by atoms with Crippen molar-refractivity contribution in [2.75, 3.05) is 4.90 Å². The molecule has 0 amide bonds. The first kappa shape index (κ1) is 32.9. The first-order valence-electron chi connectivity index (χ1n) is 19.1. The molecule has 0 unspecified atom stereocenters. The summed E-state index contributed by atoms with van der Waals surface area (Å²) in [5.41, 5.74) is 11.1. The van der Waals surface area contributed by atoms with Crippen LogP contribution in [0.15, 0.2) is 200 Å². The van der Waals surface area contributed by atoms with Crippen molar-refractivity contribution in [2.24, 2.45) is 0 Å². The second-order valence-corrected chi connectivity index (χ2v) is 16.5. The molecule has 0 aliphatic carbocycles. The van der Waals surface area contributed by atoms with Crippen LogP contribution in [0.1, 0.15) is 5.56 Å². The maximum absolute atomic E-state index is 2.54. The summed E-state index contributed by atoms with van der Waals surface area (Å²) in [6.45, 7) is 0.687. The number of fused-ring (bicyclic) bond motifs is 7. The molecule has 11 rings (SSSR count). The van der Waals surface area contributed by atoms with Gasteiger partial charge in [-0.25, -0.2) is 0 Å². The molecule has 9 aromatic carbocycles. The van der Waals surface area contributed by atoms with Crippen molar-refractivity contribution < 1.29 is 0 Å². The maximum Gasteiger partial charge on any atom is 0.0493 e. The van der Waals surface area contributed by atoms with Gasteiger partial charge in [0, 0.05) is 63.8 Å². The van der Waals surface area contributed by atoms with Gasteiger partial charge < -0.3 is 4.90 Å². The number of para-hydroxylation sites is 1. The Hall–Kier alpha value is -6.52. The molecule has 0 bridgehead atoms. The monoisotopic (exact) mass is 749 g/mol. The van der Waals surface area contributed by atoms with E-state index in [0.29, 0.717) is 6.54 Å². The first-order chi connectivity index (χ1) is 27.8. The number of benzene rings is 9. The van der Waals surface area contributed by atoms with Crippen LogP contribution in [0, 0.1) is 0 Å². The number of nitrogens with zero attached hydrogens (tertiary/aromatic N) is 1. The smallest absolute Gasteiger partial charge is 0.0493 e. The number of hydrogen-bond acceptors (Lipinski definition) is 3. The number of thiophene rings is 2. The minimum absolute atomic E-state index is 0.687. The van der Waals surface area contributed by atoms with E-state index in [2.05, 4.69) is 205 Å². The highest BCUT2D eigenvalue weighted by molar-refractivity contribution is 7.26. The summed E-state index contributed by atoms with van der Waals surface area (Å²) in [4.78, 5) is 2.54. The molecule has 0 aliphatic rings. The van der Waals surface area contributed by atoms with Crippen LogP contribution in [0.3, 0.4) is 0 Å². The molecule has 56 heavy (non-hydrogen) atoms. The lowest BCUT2D eigenvalue weighted by molar-refractivity contribution is 0.979. The Balaban J connectivity index is 1.12. The number of rotatable bonds is 7. The van der Waals surface area contributed by atoms with Crippen molar-refractivity contribution in [2.45, 2.75) is 6.54 Å². The molecule has 0 saturated heterocycles. The van der Waals surface area contributed by atoms with Gasteiger partial charge in [-0.3, -0.25) is 0 Å². The van der Waals surface area contributed by atoms with Gasteiger partial charge in [-0.05, 0) is 80.6 Å². The topological polar surface area (TPSA) is 3.24 Å². The Morgan fingerprint density at radius 2 is 0.964 bits per heavy atom. The van der Waals surface area contributed by atoms with Gasteiger partial charge in [0.1, 0.15) is 0 Å². The summed E-state index contributed by atoms with van der Waals surface area (Å²) < 4.78 is 5.29. The van der Waals surface area contributed by atoms with Gasteiger partial charge in [0.2, 0.25) is 0 Å². The van der Waals surface area contributed by atoms with Crippen molar-refractivity contribution in [3.05, 3.63) is 206 Å². The minimum atomic E-state index is 0.687. The molecule has 0 saturated carbocycles. The van der Waals surface area contributed by atoms with Gasteiger partial charge in [0.05, 0.1) is 0 Å². The zero-order valence-corrected chi connectivity index (χ0v) is 32.2. The average molecular weight is 750 g/mol. The van der Waals surface area contributed by atoms with Crippen LogP contribution < -0.4 is 4.90 Å². The molecule has 11 aromatic rings. The summed E-state index contributed by atoms with van der Waals surface area (Å²) in [7, 11) is 0. The van der Waals surface area contributed by atoms with Crippen LogP contribution in [0.5, 0.6) is 0 Å². The predicted molar refractivity (Wildman–Crippen MR) is 245 cm³/mol. The second-order valence-electron chi connectivity index (χ2n) is 14.4. The van der Waals surface area contributed by atoms with E-state index in [9.17, 15) is 0 Å². The molecule has 2 aromatic heterocycles. The van der Waals surface area contributed by atoms with Crippen LogP contribution in [-0.2, 0) is 6.54 Å². The Morgan fingerprint density at radius 1 is 0.375 bits per heavy atom. The number of hydrogen-bond donors (Lipinski definition) is 0. The number of anilines is 2. The molecule has 2 heterocycles. The average Bonchev–Trinajstić information content (AvgIpc) is 3.84. The Morgan fingerprint density at radius 3 is 1.88 bits per heavy atom. The van der Waals surface area contributed by atoms with Crippen molar-refractivity contribution in [1.82, 2.24) is 0 Å². The molecular weight excluding hydrogens is 715 g/mol. The summed E-state index contributed by atoms with van der Waals surface area (Å²) in [5, 5.41) is 7.79. The maximum atomic E-state index is 2.54. The van der Waals surface area contributed by atoms with E-state index in [-0.39, 0.29) is 0 Å². The highest BCUT2D eigenvalue weighted by Crippen LogP contribution is 2.45. The van der Waals surface area contributed by atoms with E-state index in [1.54, 1.807) is 0 Å². The van der Waals surface area contributed by atoms with Crippen LogP contribution in [0.25, 0.3) is 84.5 Å². The Labute approximate surface area is 334 Å². The standard InChI is InChI=1S/C53H35NS2/c1-3-20-39-35(15-1)17-12-26-42(39)43-22-5-8-29-48(43)54(38-19-11-18-36(33-38)41-25-13-28-46-44-23-6-9-30-49(44)56-53(41)46)34-37-16-2-4-21-40(37)45-27-14-32-51-52(45)47-24-7-10-31-50(47)55-51/h1-33H,34H2. The van der Waals surface area contributed by atoms with Gasteiger partial charge in [0.15, 0.2) is 0 Å². The van der Waals surface area contributed by atoms with E-state index in [4.69, 9.17) is 0 Å². The van der Waals surface area contributed by atoms with Crippen LogP contribution >= 0.6 is 22.7 Å². The lowest BCUT2D eigenvalue weighted by atomic mass is 9.93. The largest absolute Gasteiger partial charge is 0.336 e. The van der Waals surface area contributed by atoms with E-state index in [0.717, 1.165) is 5.69 Å². The zero-order valence-electron chi connectivity index (χ0n) is 30.5. The third kappa shape index (κ3) is 5.51. The van der Waals surface area contributed by atoms with Crippen LogP contribution in [-0.4, -0.2) is 0 Å². The quantitative estimate of drug-likeness (QED) is 0.157. The van der Waals surface area contributed by atoms with Gasteiger partial charge in [0.25, 0.3) is 0 Å². The molecule has 0 fully saturated rings. The van der Waals surface area contributed by atoms with E-state index < -0.39 is 0 Å². The summed E-state index contributed by atoms with van der Waals surface area (Å²) in [6.07, 6.45) is 0. The zero-order chi connectivity index (χ0) is 37.0. The van der Waals surface area contributed by atoms with E-state index >= 15 is 0 Å². The van der Waals surface area contributed by atoms with E-state index in [1.165, 1.54) is 95.7 Å². The Bertz CT molecular complexity index is 3250. The highest BCUT2D eigenvalue weighted by Gasteiger charge is 2.21. The van der Waals surface area contributed by atoms with Gasteiger partial charge in [-0.2, -0.15) is 0 Å². The lowest BCUT2D eigenvalue weighted by Crippen LogP contribution is -2.18. The fourth-order valence-electron chi connectivity index (χ4n) is 8.62. The molecule has 3 heteroatoms. The molecule has 0 aliphatic heterocycles. The SMILES string of the molecule is c1cc(-c2cccc3c2sc2ccccc23)cc(N(Cc2ccccc2-c2cccc3sc4ccccc4c23)c2ccccc2-c2cccc3ccccc23)c1. The molecule has 0 N–H and O–H groups in total. The lowest BCUT2D eigenvalue weighted by Gasteiger charge is -2.29. The van der Waals surface area contributed by atoms with Gasteiger partial charge in [-0.1, -0.05) is 164 Å². The highest BCUT2D eigenvalue weighted by atomic mass is 32.1. The molecule has 0 atom stereocenters. The van der Waals surface area contributed by atoms with E-state index in [1.807, 2.05) is 22.7 Å². The third-order valence-corrected chi connectivity index (χ3v) is 13.5. The van der Waals surface area contributed by atoms with Crippen molar-refractivity contribution in [3.63, 3.8) is 0 Å². The van der Waals surface area contributed by atoms with Crippen molar-refractivity contribution >= 4 is 85.2 Å². The minimum Gasteiger partial charge on any atom is -0.336 e. The molecule has 264 valence electrons. The fraction of sp³-hybridized carbons (Fsp3) is 0.0189. The molecular formula is C53H35NS2. The molecule has 0 spiro atoms. The molecule has 0 radical (unpaired) electrons. The molecule has 1 nitrogen and oxygen atoms in total.